The van der Waals surface area contributed by atoms with Gasteiger partial charge in [-0.05, 0) is 31.0 Å². The van der Waals surface area contributed by atoms with Gasteiger partial charge in [0, 0.05) is 44.9 Å². The summed E-state index contributed by atoms with van der Waals surface area (Å²) in [6, 6.07) is 5.61. The van der Waals surface area contributed by atoms with Gasteiger partial charge in [-0.1, -0.05) is 0 Å². The maximum atomic E-state index is 11.8. The molecule has 1 saturated heterocycles. The summed E-state index contributed by atoms with van der Waals surface area (Å²) >= 11 is 0. The highest BCUT2D eigenvalue weighted by molar-refractivity contribution is 5.87. The summed E-state index contributed by atoms with van der Waals surface area (Å²) in [6.07, 6.45) is 4.37. The van der Waals surface area contributed by atoms with Gasteiger partial charge in [0.2, 0.25) is 5.91 Å². The van der Waals surface area contributed by atoms with Crippen LogP contribution in [0.2, 0.25) is 0 Å². The number of aliphatic carboxylic acids is 1. The normalized spacial score (nSPS) is 19.7. The van der Waals surface area contributed by atoms with Gasteiger partial charge >= 0.3 is 5.97 Å². The lowest BCUT2D eigenvalue weighted by Gasteiger charge is -2.25. The molecule has 8 nitrogen and oxygen atoms in total. The van der Waals surface area contributed by atoms with Gasteiger partial charge < -0.3 is 20.4 Å². The Kier molecular flexibility index (Phi) is 5.32. The van der Waals surface area contributed by atoms with Gasteiger partial charge in [0.1, 0.15) is 11.1 Å². The lowest BCUT2D eigenvalue weighted by molar-refractivity contribution is -0.137. The van der Waals surface area contributed by atoms with E-state index in [1.165, 1.54) is 0 Å². The third-order valence-electron chi connectivity index (χ3n) is 4.56. The fourth-order valence-electron chi connectivity index (χ4n) is 3.18. The molecule has 26 heavy (non-hydrogen) atoms. The average molecular weight is 358 g/mol. The van der Waals surface area contributed by atoms with Crippen molar-refractivity contribution in [2.24, 2.45) is 0 Å². The van der Waals surface area contributed by atoms with Gasteiger partial charge in [-0.25, -0.2) is 0 Å². The number of nitrogens with zero attached hydrogens (tertiary/aromatic N) is 3. The molecule has 1 fully saturated rings. The van der Waals surface area contributed by atoms with Crippen molar-refractivity contribution in [3.63, 3.8) is 0 Å². The number of hydrogen-bond acceptors (Lipinski definition) is 6. The topological polar surface area (TPSA) is 116 Å². The van der Waals surface area contributed by atoms with Crippen molar-refractivity contribution in [1.29, 1.82) is 0 Å². The van der Waals surface area contributed by atoms with E-state index in [1.807, 2.05) is 23.1 Å². The molecule has 8 heteroatoms. The number of pyridine rings is 2. The highest BCUT2D eigenvalue weighted by atomic mass is 16.4. The van der Waals surface area contributed by atoms with Gasteiger partial charge in [-0.15, -0.1) is 0 Å². The number of aromatic nitrogens is 2. The Labute approximate surface area is 150 Å². The quantitative estimate of drug-likeness (QED) is 0.674. The zero-order valence-electron chi connectivity index (χ0n) is 14.4. The van der Waals surface area contributed by atoms with E-state index in [0.717, 1.165) is 16.7 Å². The van der Waals surface area contributed by atoms with E-state index in [9.17, 15) is 14.7 Å². The fourth-order valence-corrected chi connectivity index (χ4v) is 3.18. The number of carboxylic acids is 1. The van der Waals surface area contributed by atoms with Crippen LogP contribution in [0, 0.1) is 0 Å². The minimum Gasteiger partial charge on any atom is -0.481 e. The van der Waals surface area contributed by atoms with Gasteiger partial charge in [0.05, 0.1) is 11.2 Å². The van der Waals surface area contributed by atoms with Crippen LogP contribution in [0.15, 0.2) is 30.6 Å². The molecule has 2 aromatic rings. The van der Waals surface area contributed by atoms with E-state index < -0.39 is 11.6 Å². The van der Waals surface area contributed by atoms with Crippen LogP contribution in [0.25, 0.3) is 11.0 Å². The van der Waals surface area contributed by atoms with Crippen molar-refractivity contribution in [1.82, 2.24) is 15.3 Å². The minimum absolute atomic E-state index is 0.0341. The first-order valence-corrected chi connectivity index (χ1v) is 8.62. The molecular formula is C18H22N4O4. The van der Waals surface area contributed by atoms with Crippen molar-refractivity contribution < 1.29 is 19.8 Å². The SMILES string of the molecule is O=C(O)CCCC(=O)NCC1(O)CCN(c2ccnc3cccnc23)C1. The zero-order valence-corrected chi connectivity index (χ0v) is 14.4. The van der Waals surface area contributed by atoms with Crippen LogP contribution in [0.3, 0.4) is 0 Å². The Bertz CT molecular complexity index is 807. The minimum atomic E-state index is -1.02. The van der Waals surface area contributed by atoms with Crippen LogP contribution in [0.4, 0.5) is 5.69 Å². The first kappa shape index (κ1) is 18.1. The van der Waals surface area contributed by atoms with Gasteiger partial charge in [0.15, 0.2) is 0 Å². The second kappa shape index (κ2) is 7.65. The molecule has 3 rings (SSSR count). The third-order valence-corrected chi connectivity index (χ3v) is 4.56. The molecule has 2 aromatic heterocycles. The Morgan fingerprint density at radius 2 is 2.08 bits per heavy atom. The Morgan fingerprint density at radius 1 is 1.23 bits per heavy atom. The molecule has 3 heterocycles. The summed E-state index contributed by atoms with van der Waals surface area (Å²) in [5.74, 6) is -1.16. The van der Waals surface area contributed by atoms with Gasteiger partial charge in [0.25, 0.3) is 0 Å². The molecular weight excluding hydrogens is 336 g/mol. The van der Waals surface area contributed by atoms with E-state index in [0.29, 0.717) is 25.9 Å². The maximum Gasteiger partial charge on any atom is 0.303 e. The van der Waals surface area contributed by atoms with E-state index in [-0.39, 0.29) is 25.3 Å². The summed E-state index contributed by atoms with van der Waals surface area (Å²) in [6.45, 7) is 1.19. The molecule has 0 bridgehead atoms. The molecule has 0 saturated carbocycles. The molecule has 1 atom stereocenters. The van der Waals surface area contributed by atoms with Crippen LogP contribution < -0.4 is 10.2 Å². The Hall–Kier alpha value is -2.74. The molecule has 0 spiro atoms. The fraction of sp³-hybridized carbons (Fsp3) is 0.444. The van der Waals surface area contributed by atoms with E-state index in [2.05, 4.69) is 15.3 Å². The molecule has 0 radical (unpaired) electrons. The summed E-state index contributed by atoms with van der Waals surface area (Å²) in [5, 5.41) is 22.1. The molecule has 1 unspecified atom stereocenters. The molecule has 3 N–H and O–H groups in total. The first-order chi connectivity index (χ1) is 12.5. The van der Waals surface area contributed by atoms with Crippen molar-refractivity contribution in [2.75, 3.05) is 24.5 Å². The number of rotatable bonds is 7. The Morgan fingerprint density at radius 3 is 2.88 bits per heavy atom. The van der Waals surface area contributed by atoms with Crippen LogP contribution in [-0.4, -0.2) is 57.3 Å². The van der Waals surface area contributed by atoms with E-state index >= 15 is 0 Å². The highest BCUT2D eigenvalue weighted by Gasteiger charge is 2.37. The molecule has 1 amide bonds. The summed E-state index contributed by atoms with van der Waals surface area (Å²) in [5.41, 5.74) is 1.48. The van der Waals surface area contributed by atoms with Crippen LogP contribution >= 0.6 is 0 Å². The Balaban J connectivity index is 1.58. The van der Waals surface area contributed by atoms with Crippen LogP contribution in [-0.2, 0) is 9.59 Å². The summed E-state index contributed by atoms with van der Waals surface area (Å²) in [4.78, 5) is 33.0. The number of hydrogen-bond donors (Lipinski definition) is 3. The number of anilines is 1. The lowest BCUT2D eigenvalue weighted by atomic mass is 10.0. The summed E-state index contributed by atoms with van der Waals surface area (Å²) < 4.78 is 0. The number of carboxylic acid groups (broad SMARTS) is 1. The van der Waals surface area contributed by atoms with Crippen LogP contribution in [0.1, 0.15) is 25.7 Å². The predicted octanol–water partition coefficient (Wildman–Crippen LogP) is 0.942. The van der Waals surface area contributed by atoms with Crippen molar-refractivity contribution in [3.8, 4) is 0 Å². The largest absolute Gasteiger partial charge is 0.481 e. The smallest absolute Gasteiger partial charge is 0.303 e. The molecule has 1 aliphatic rings. The second-order valence-corrected chi connectivity index (χ2v) is 6.62. The van der Waals surface area contributed by atoms with Crippen molar-refractivity contribution in [3.05, 3.63) is 30.6 Å². The first-order valence-electron chi connectivity index (χ1n) is 8.62. The number of amides is 1. The van der Waals surface area contributed by atoms with Crippen molar-refractivity contribution in [2.45, 2.75) is 31.3 Å². The zero-order chi connectivity index (χ0) is 18.6. The monoisotopic (exact) mass is 358 g/mol. The number of carbonyl (C=O) groups is 2. The van der Waals surface area contributed by atoms with E-state index in [1.54, 1.807) is 12.4 Å². The van der Waals surface area contributed by atoms with Crippen LogP contribution in [0.5, 0.6) is 0 Å². The maximum absolute atomic E-state index is 11.8. The second-order valence-electron chi connectivity index (χ2n) is 6.62. The third kappa shape index (κ3) is 4.26. The number of carbonyl (C=O) groups excluding carboxylic acids is 1. The van der Waals surface area contributed by atoms with Crippen molar-refractivity contribution >= 4 is 28.6 Å². The molecule has 138 valence electrons. The lowest BCUT2D eigenvalue weighted by Crippen LogP contribution is -2.45. The predicted molar refractivity (Wildman–Crippen MR) is 95.8 cm³/mol. The average Bonchev–Trinajstić information content (AvgIpc) is 3.02. The highest BCUT2D eigenvalue weighted by Crippen LogP contribution is 2.30. The van der Waals surface area contributed by atoms with Gasteiger partial charge in [-0.2, -0.15) is 0 Å². The molecule has 0 aliphatic carbocycles. The standard InChI is InChI=1S/C18H22N4O4/c23-15(4-1-5-16(24)25)21-11-18(26)7-10-22(12-18)14-6-9-19-13-3-2-8-20-17(13)14/h2-3,6,8-9,26H,1,4-5,7,10-12H2,(H,21,23)(H,24,25). The molecule has 0 aromatic carbocycles. The van der Waals surface area contributed by atoms with Gasteiger partial charge in [-0.3, -0.25) is 19.6 Å². The number of β-amino-alcohol motifs (C(OH)–C–C–N with tert-alkyl or cyclic N) is 1. The number of aliphatic hydroxyl groups is 1. The van der Waals surface area contributed by atoms with E-state index in [4.69, 9.17) is 5.11 Å². The number of fused-ring (bicyclic) bond motifs is 1. The number of nitrogens with one attached hydrogen (secondary N) is 1. The molecule has 1 aliphatic heterocycles. The summed E-state index contributed by atoms with van der Waals surface area (Å²) in [7, 11) is 0.